The minimum atomic E-state index is -0.450. The summed E-state index contributed by atoms with van der Waals surface area (Å²) in [4.78, 5) is 11.4. The molecule has 0 aromatic heterocycles. The first-order valence-electron chi connectivity index (χ1n) is 5.52. The quantitative estimate of drug-likeness (QED) is 0.338. The Morgan fingerprint density at radius 3 is 2.81 bits per heavy atom. The lowest BCUT2D eigenvalue weighted by atomic mass is 10.1. The fourth-order valence-electron chi connectivity index (χ4n) is 1.16. The van der Waals surface area contributed by atoms with Gasteiger partial charge in [0, 0.05) is 13.7 Å². The van der Waals surface area contributed by atoms with Crippen LogP contribution < -0.4 is 16.8 Å². The fraction of sp³-hybridized carbons (Fsp3) is 0.900. The van der Waals surface area contributed by atoms with E-state index >= 15 is 0 Å². The van der Waals surface area contributed by atoms with Crippen molar-refractivity contribution in [1.29, 1.82) is 0 Å². The third kappa shape index (κ3) is 8.60. The second kappa shape index (κ2) is 10.8. The van der Waals surface area contributed by atoms with E-state index in [9.17, 15) is 4.79 Å². The van der Waals surface area contributed by atoms with Gasteiger partial charge in [0.05, 0.1) is 12.6 Å². The number of unbranched alkanes of at least 4 members (excludes halogenated alkanes) is 1. The molecule has 0 radical (unpaired) electrons. The Balaban J connectivity index is 3.40. The summed E-state index contributed by atoms with van der Waals surface area (Å²) >= 11 is 0. The summed E-state index contributed by atoms with van der Waals surface area (Å²) in [6, 6.07) is -0.450. The Morgan fingerprint density at radius 1 is 1.44 bits per heavy atom. The highest BCUT2D eigenvalue weighted by atomic mass is 16.7. The highest BCUT2D eigenvalue weighted by molar-refractivity contribution is 5.81. The molecule has 1 amide bonds. The molecular formula is C10H23N3O3. The van der Waals surface area contributed by atoms with Crippen LogP contribution in [0, 0.1) is 0 Å². The predicted octanol–water partition coefficient (Wildman–Crippen LogP) is -0.821. The van der Waals surface area contributed by atoms with E-state index in [4.69, 9.17) is 20.9 Å². The van der Waals surface area contributed by atoms with Gasteiger partial charge in [0.25, 0.3) is 0 Å². The molecule has 16 heavy (non-hydrogen) atoms. The summed E-state index contributed by atoms with van der Waals surface area (Å²) in [7, 11) is 1.55. The Bertz CT molecular complexity index is 179. The molecule has 5 N–H and O–H groups in total. The van der Waals surface area contributed by atoms with Gasteiger partial charge in [0.1, 0.15) is 6.79 Å². The Morgan fingerprint density at radius 2 is 2.19 bits per heavy atom. The maximum atomic E-state index is 11.4. The molecule has 0 aliphatic rings. The van der Waals surface area contributed by atoms with Gasteiger partial charge in [-0.25, -0.2) is 0 Å². The van der Waals surface area contributed by atoms with Crippen molar-refractivity contribution in [3.63, 3.8) is 0 Å². The Kier molecular flexibility index (Phi) is 10.3. The van der Waals surface area contributed by atoms with Gasteiger partial charge >= 0.3 is 0 Å². The zero-order valence-electron chi connectivity index (χ0n) is 9.91. The summed E-state index contributed by atoms with van der Waals surface area (Å²) in [5.41, 5.74) is 11.0. The van der Waals surface area contributed by atoms with E-state index in [0.717, 1.165) is 12.8 Å². The molecule has 1 unspecified atom stereocenters. The molecular weight excluding hydrogens is 210 g/mol. The number of nitrogens with one attached hydrogen (secondary N) is 1. The Hall–Kier alpha value is -0.690. The van der Waals surface area contributed by atoms with E-state index in [2.05, 4.69) is 5.32 Å². The highest BCUT2D eigenvalue weighted by Crippen LogP contribution is 1.97. The van der Waals surface area contributed by atoms with Crippen LogP contribution in [0.15, 0.2) is 0 Å². The van der Waals surface area contributed by atoms with Crippen LogP contribution in [0.5, 0.6) is 0 Å². The van der Waals surface area contributed by atoms with Gasteiger partial charge in [-0.3, -0.25) is 4.79 Å². The van der Waals surface area contributed by atoms with Crippen LogP contribution in [0.2, 0.25) is 0 Å². The number of ether oxygens (including phenoxy) is 2. The van der Waals surface area contributed by atoms with Crippen molar-refractivity contribution in [2.45, 2.75) is 25.3 Å². The van der Waals surface area contributed by atoms with Crippen LogP contribution in [0.3, 0.4) is 0 Å². The molecule has 0 heterocycles. The van der Waals surface area contributed by atoms with Crippen LogP contribution in [0.1, 0.15) is 19.3 Å². The molecule has 0 bridgehead atoms. The predicted molar refractivity (Wildman–Crippen MR) is 61.7 cm³/mol. The van der Waals surface area contributed by atoms with Gasteiger partial charge in [0.15, 0.2) is 0 Å². The standard InChI is InChI=1S/C10H23N3O3/c1-15-8-16-7-6-13-10(14)9(12)4-2-3-5-11/h9H,2-8,11-12H2,1H3,(H,13,14). The summed E-state index contributed by atoms with van der Waals surface area (Å²) in [6.07, 6.45) is 2.45. The zero-order valence-corrected chi connectivity index (χ0v) is 9.91. The molecule has 0 saturated carbocycles. The number of rotatable bonds is 10. The molecule has 0 aliphatic heterocycles. The molecule has 0 aromatic rings. The number of nitrogens with two attached hydrogens (primary N) is 2. The third-order valence-corrected chi connectivity index (χ3v) is 2.05. The van der Waals surface area contributed by atoms with Crippen LogP contribution in [-0.4, -0.2) is 45.5 Å². The van der Waals surface area contributed by atoms with Gasteiger partial charge in [-0.1, -0.05) is 6.42 Å². The minimum absolute atomic E-state index is 0.141. The molecule has 0 aliphatic carbocycles. The van der Waals surface area contributed by atoms with E-state index in [1.54, 1.807) is 7.11 Å². The van der Waals surface area contributed by atoms with Crippen LogP contribution >= 0.6 is 0 Å². The molecule has 0 saturated heterocycles. The summed E-state index contributed by atoms with van der Waals surface area (Å²) in [6.45, 7) is 1.75. The fourth-order valence-corrected chi connectivity index (χ4v) is 1.16. The number of amides is 1. The van der Waals surface area contributed by atoms with Gasteiger partial charge in [-0.05, 0) is 19.4 Å². The summed E-state index contributed by atoms with van der Waals surface area (Å²) in [5.74, 6) is -0.141. The number of methoxy groups -OCH3 is 1. The SMILES string of the molecule is COCOCCNC(=O)C(N)CCCCN. The monoisotopic (exact) mass is 233 g/mol. The lowest BCUT2D eigenvalue weighted by molar-refractivity contribution is -0.123. The molecule has 96 valence electrons. The second-order valence-electron chi connectivity index (χ2n) is 3.50. The van der Waals surface area contributed by atoms with Crippen LogP contribution in [0.25, 0.3) is 0 Å². The maximum absolute atomic E-state index is 11.4. The molecule has 0 rings (SSSR count). The largest absolute Gasteiger partial charge is 0.359 e. The smallest absolute Gasteiger partial charge is 0.236 e. The Labute approximate surface area is 96.6 Å². The van der Waals surface area contributed by atoms with Gasteiger partial charge < -0.3 is 26.3 Å². The molecule has 0 fully saturated rings. The molecule has 6 nitrogen and oxygen atoms in total. The van der Waals surface area contributed by atoms with Crippen LogP contribution in [-0.2, 0) is 14.3 Å². The van der Waals surface area contributed by atoms with Crippen molar-refractivity contribution in [1.82, 2.24) is 5.32 Å². The van der Waals surface area contributed by atoms with Crippen molar-refractivity contribution in [2.24, 2.45) is 11.5 Å². The molecule has 1 atom stereocenters. The molecule has 6 heteroatoms. The van der Waals surface area contributed by atoms with E-state index in [1.165, 1.54) is 0 Å². The lowest BCUT2D eigenvalue weighted by Crippen LogP contribution is -2.41. The zero-order chi connectivity index (χ0) is 12.2. The summed E-state index contributed by atoms with van der Waals surface area (Å²) in [5, 5.41) is 2.69. The number of hydrogen-bond donors (Lipinski definition) is 3. The van der Waals surface area contributed by atoms with E-state index in [0.29, 0.717) is 26.1 Å². The number of hydrogen-bond acceptors (Lipinski definition) is 5. The molecule has 0 spiro atoms. The van der Waals surface area contributed by atoms with Crippen molar-refractivity contribution < 1.29 is 14.3 Å². The molecule has 0 aromatic carbocycles. The highest BCUT2D eigenvalue weighted by Gasteiger charge is 2.11. The lowest BCUT2D eigenvalue weighted by Gasteiger charge is -2.11. The number of carbonyl (C=O) groups excluding carboxylic acids is 1. The van der Waals surface area contributed by atoms with E-state index in [-0.39, 0.29) is 12.7 Å². The number of carbonyl (C=O) groups is 1. The second-order valence-corrected chi connectivity index (χ2v) is 3.50. The average Bonchev–Trinajstić information content (AvgIpc) is 2.28. The summed E-state index contributed by atoms with van der Waals surface area (Å²) < 4.78 is 9.71. The van der Waals surface area contributed by atoms with Crippen molar-refractivity contribution >= 4 is 5.91 Å². The average molecular weight is 233 g/mol. The van der Waals surface area contributed by atoms with E-state index < -0.39 is 6.04 Å². The first-order valence-corrected chi connectivity index (χ1v) is 5.52. The van der Waals surface area contributed by atoms with Gasteiger partial charge in [0.2, 0.25) is 5.91 Å². The van der Waals surface area contributed by atoms with Gasteiger partial charge in [-0.2, -0.15) is 0 Å². The third-order valence-electron chi connectivity index (χ3n) is 2.05. The van der Waals surface area contributed by atoms with Crippen molar-refractivity contribution in [2.75, 3.05) is 33.6 Å². The topological polar surface area (TPSA) is 99.6 Å². The normalized spacial score (nSPS) is 12.4. The van der Waals surface area contributed by atoms with Gasteiger partial charge in [-0.15, -0.1) is 0 Å². The van der Waals surface area contributed by atoms with Crippen molar-refractivity contribution in [3.8, 4) is 0 Å². The maximum Gasteiger partial charge on any atom is 0.236 e. The van der Waals surface area contributed by atoms with Crippen molar-refractivity contribution in [3.05, 3.63) is 0 Å². The van der Waals surface area contributed by atoms with E-state index in [1.807, 2.05) is 0 Å². The first kappa shape index (κ1) is 15.3. The van der Waals surface area contributed by atoms with Crippen LogP contribution in [0.4, 0.5) is 0 Å². The first-order chi connectivity index (χ1) is 7.72. The minimum Gasteiger partial charge on any atom is -0.359 e.